The van der Waals surface area contributed by atoms with Crippen LogP contribution in [-0.2, 0) is 11.3 Å². The minimum absolute atomic E-state index is 0.0109. The fraction of sp³-hybridized carbons (Fsp3) is 0.200. The summed E-state index contributed by atoms with van der Waals surface area (Å²) in [5, 5.41) is 2.79. The molecule has 186 valence electrons. The van der Waals surface area contributed by atoms with Crippen LogP contribution in [0, 0.1) is 0 Å². The van der Waals surface area contributed by atoms with Crippen molar-refractivity contribution in [2.75, 3.05) is 10.2 Å². The van der Waals surface area contributed by atoms with Gasteiger partial charge in [0.15, 0.2) is 0 Å². The average Bonchev–Trinajstić information content (AvgIpc) is 2.99. The summed E-state index contributed by atoms with van der Waals surface area (Å²) in [6.45, 7) is 3.16. The molecule has 0 atom stereocenters. The van der Waals surface area contributed by atoms with Crippen molar-refractivity contribution in [2.45, 2.75) is 36.3 Å². The third-order valence-corrected chi connectivity index (χ3v) is 6.42. The lowest BCUT2D eigenvalue weighted by Gasteiger charge is -2.28. The zero-order valence-electron chi connectivity index (χ0n) is 19.2. The lowest BCUT2D eigenvalue weighted by molar-refractivity contribution is -0.123. The second kappa shape index (κ2) is 9.65. The number of imide groups is 1. The normalized spacial score (nSPS) is 15.4. The van der Waals surface area contributed by atoms with Gasteiger partial charge in [-0.25, -0.2) is 9.69 Å². The number of pyridine rings is 1. The van der Waals surface area contributed by atoms with Gasteiger partial charge in [-0.1, -0.05) is 18.2 Å². The summed E-state index contributed by atoms with van der Waals surface area (Å²) >= 11 is -0.279. The zero-order chi connectivity index (χ0) is 26.1. The van der Waals surface area contributed by atoms with Crippen molar-refractivity contribution in [3.05, 3.63) is 84.2 Å². The highest BCUT2D eigenvalue weighted by Gasteiger charge is 2.51. The number of anilines is 2. The number of halogens is 3. The summed E-state index contributed by atoms with van der Waals surface area (Å²) in [6, 6.07) is 14.6. The number of urea groups is 1. The molecule has 1 aromatic heterocycles. The van der Waals surface area contributed by atoms with E-state index in [1.54, 1.807) is 50.2 Å². The van der Waals surface area contributed by atoms with Crippen LogP contribution in [0.15, 0.2) is 78.0 Å². The van der Waals surface area contributed by atoms with Crippen molar-refractivity contribution in [1.82, 2.24) is 9.88 Å². The van der Waals surface area contributed by atoms with Gasteiger partial charge in [-0.2, -0.15) is 13.2 Å². The Kier molecular flexibility index (Phi) is 6.77. The molecule has 0 aliphatic carbocycles. The fourth-order valence-corrected chi connectivity index (χ4v) is 4.29. The highest BCUT2D eigenvalue weighted by Crippen LogP contribution is 2.39. The van der Waals surface area contributed by atoms with Gasteiger partial charge in [0, 0.05) is 16.7 Å². The Hall–Kier alpha value is -3.86. The molecule has 11 heteroatoms. The van der Waals surface area contributed by atoms with Crippen LogP contribution in [0.3, 0.4) is 0 Å². The van der Waals surface area contributed by atoms with Crippen LogP contribution in [0.5, 0.6) is 0 Å². The smallest absolute Gasteiger partial charge is 0.320 e. The van der Waals surface area contributed by atoms with Crippen molar-refractivity contribution in [3.8, 4) is 0 Å². The van der Waals surface area contributed by atoms with Crippen LogP contribution < -0.4 is 10.2 Å². The molecule has 0 bridgehead atoms. The summed E-state index contributed by atoms with van der Waals surface area (Å²) in [6.07, 6.45) is 2.97. The third-order valence-electron chi connectivity index (χ3n) is 5.68. The SMILES string of the molecule is CC1(C)C(=O)N(c2ccc(SC(F)(F)F)cc2)C(=O)N1Cc1ccncc1NC(=O)c1ccccc1. The summed E-state index contributed by atoms with van der Waals surface area (Å²) in [7, 11) is 0. The molecule has 2 aromatic carbocycles. The molecule has 1 aliphatic rings. The van der Waals surface area contributed by atoms with Crippen LogP contribution in [-0.4, -0.2) is 38.8 Å². The Morgan fingerprint density at radius 2 is 1.69 bits per heavy atom. The van der Waals surface area contributed by atoms with Crippen LogP contribution in [0.1, 0.15) is 29.8 Å². The summed E-state index contributed by atoms with van der Waals surface area (Å²) in [5.41, 5.74) is -4.15. The van der Waals surface area contributed by atoms with Gasteiger partial charge in [-0.05, 0) is 73.6 Å². The number of benzene rings is 2. The Bertz CT molecular complexity index is 1300. The summed E-state index contributed by atoms with van der Waals surface area (Å²) in [5.74, 6) is -0.876. The first kappa shape index (κ1) is 25.2. The van der Waals surface area contributed by atoms with Crippen molar-refractivity contribution in [1.29, 1.82) is 0 Å². The third kappa shape index (κ3) is 5.20. The van der Waals surface area contributed by atoms with E-state index in [9.17, 15) is 27.6 Å². The maximum absolute atomic E-state index is 13.3. The van der Waals surface area contributed by atoms with Gasteiger partial charge in [0.1, 0.15) is 5.54 Å². The molecule has 0 unspecified atom stereocenters. The van der Waals surface area contributed by atoms with E-state index in [0.717, 1.165) is 4.90 Å². The van der Waals surface area contributed by atoms with Gasteiger partial charge < -0.3 is 10.2 Å². The Balaban J connectivity index is 1.57. The first-order chi connectivity index (χ1) is 17.0. The molecular weight excluding hydrogens is 493 g/mol. The van der Waals surface area contributed by atoms with E-state index in [2.05, 4.69) is 10.3 Å². The second-order valence-corrected chi connectivity index (χ2v) is 9.60. The zero-order valence-corrected chi connectivity index (χ0v) is 20.1. The predicted octanol–water partition coefficient (Wildman–Crippen LogP) is 5.69. The molecule has 7 nitrogen and oxygen atoms in total. The van der Waals surface area contributed by atoms with Crippen molar-refractivity contribution in [2.24, 2.45) is 0 Å². The van der Waals surface area contributed by atoms with Crippen molar-refractivity contribution >= 4 is 41.0 Å². The number of rotatable bonds is 6. The van der Waals surface area contributed by atoms with E-state index in [1.807, 2.05) is 0 Å². The van der Waals surface area contributed by atoms with Gasteiger partial charge in [0.05, 0.1) is 24.1 Å². The number of amides is 4. The van der Waals surface area contributed by atoms with Crippen LogP contribution in [0.4, 0.5) is 29.3 Å². The first-order valence-electron chi connectivity index (χ1n) is 10.8. The molecule has 36 heavy (non-hydrogen) atoms. The van der Waals surface area contributed by atoms with E-state index in [4.69, 9.17) is 0 Å². The number of carbonyl (C=O) groups is 3. The Morgan fingerprint density at radius 1 is 1.03 bits per heavy atom. The van der Waals surface area contributed by atoms with Crippen LogP contribution >= 0.6 is 11.8 Å². The molecule has 0 spiro atoms. The average molecular weight is 515 g/mol. The molecule has 4 rings (SSSR count). The minimum Gasteiger partial charge on any atom is -0.320 e. The maximum Gasteiger partial charge on any atom is 0.446 e. The number of hydrogen-bond donors (Lipinski definition) is 1. The van der Waals surface area contributed by atoms with Gasteiger partial charge in [0.2, 0.25) is 0 Å². The number of nitrogens with zero attached hydrogens (tertiary/aromatic N) is 3. The van der Waals surface area contributed by atoms with E-state index in [-0.39, 0.29) is 34.8 Å². The molecule has 0 radical (unpaired) electrons. The van der Waals surface area contributed by atoms with E-state index < -0.39 is 23.0 Å². The number of thioether (sulfide) groups is 1. The first-order valence-corrected chi connectivity index (χ1v) is 11.6. The monoisotopic (exact) mass is 514 g/mol. The number of hydrogen-bond acceptors (Lipinski definition) is 5. The number of aromatic nitrogens is 1. The Morgan fingerprint density at radius 3 is 2.33 bits per heavy atom. The Labute approximate surface area is 209 Å². The molecule has 1 saturated heterocycles. The second-order valence-electron chi connectivity index (χ2n) is 8.46. The molecule has 1 fully saturated rings. The number of alkyl halides is 3. The van der Waals surface area contributed by atoms with Gasteiger partial charge in [-0.3, -0.25) is 14.6 Å². The summed E-state index contributed by atoms with van der Waals surface area (Å²) < 4.78 is 37.9. The topological polar surface area (TPSA) is 82.6 Å². The van der Waals surface area contributed by atoms with E-state index in [1.165, 1.54) is 41.6 Å². The molecule has 1 aliphatic heterocycles. The van der Waals surface area contributed by atoms with Gasteiger partial charge >= 0.3 is 11.5 Å². The minimum atomic E-state index is -4.45. The van der Waals surface area contributed by atoms with E-state index >= 15 is 0 Å². The maximum atomic E-state index is 13.3. The predicted molar refractivity (Wildman–Crippen MR) is 129 cm³/mol. The number of nitrogens with one attached hydrogen (secondary N) is 1. The quantitative estimate of drug-likeness (QED) is 0.337. The highest BCUT2D eigenvalue weighted by molar-refractivity contribution is 8.00. The lowest BCUT2D eigenvalue weighted by atomic mass is 10.0. The molecule has 3 aromatic rings. The molecule has 0 saturated carbocycles. The van der Waals surface area contributed by atoms with Gasteiger partial charge in [0.25, 0.3) is 11.8 Å². The molecule has 2 heterocycles. The highest BCUT2D eigenvalue weighted by atomic mass is 32.2. The van der Waals surface area contributed by atoms with Gasteiger partial charge in [-0.15, -0.1) is 0 Å². The van der Waals surface area contributed by atoms with Crippen LogP contribution in [0.25, 0.3) is 0 Å². The van der Waals surface area contributed by atoms with Crippen molar-refractivity contribution in [3.63, 3.8) is 0 Å². The molecule has 1 N–H and O–H groups in total. The fourth-order valence-electron chi connectivity index (χ4n) is 3.75. The van der Waals surface area contributed by atoms with Crippen LogP contribution in [0.2, 0.25) is 0 Å². The lowest BCUT2D eigenvalue weighted by Crippen LogP contribution is -2.43. The molecular formula is C25H21F3N4O3S. The largest absolute Gasteiger partial charge is 0.446 e. The van der Waals surface area contributed by atoms with E-state index in [0.29, 0.717) is 16.8 Å². The van der Waals surface area contributed by atoms with Crippen molar-refractivity contribution < 1.29 is 27.6 Å². The molecule has 4 amide bonds. The number of carbonyl (C=O) groups excluding carboxylic acids is 3. The summed E-state index contributed by atoms with van der Waals surface area (Å²) in [4.78, 5) is 45.5. The standard InChI is InChI=1S/C25H21F3N4O3S/c1-24(2)22(34)32(18-8-10-19(11-9-18)36-25(26,27)28)23(35)31(24)15-17-12-13-29-14-20(17)30-21(33)16-6-4-3-5-7-16/h3-14H,15H2,1-2H3,(H,30,33).